The zero-order valence-corrected chi connectivity index (χ0v) is 13.6. The highest BCUT2D eigenvalue weighted by Gasteiger charge is 2.16. The second-order valence-corrected chi connectivity index (χ2v) is 6.59. The van der Waals surface area contributed by atoms with Gasteiger partial charge in [-0.1, -0.05) is 18.2 Å². The minimum Gasteiger partial charge on any atom is -0.325 e. The van der Waals surface area contributed by atoms with Crippen LogP contribution in [0.5, 0.6) is 0 Å². The first-order valence-corrected chi connectivity index (χ1v) is 8.19. The fourth-order valence-electron chi connectivity index (χ4n) is 2.23. The number of thioether (sulfide) groups is 1. The van der Waals surface area contributed by atoms with Crippen LogP contribution in [-0.2, 0) is 4.79 Å². The summed E-state index contributed by atoms with van der Waals surface area (Å²) >= 11 is 1.39. The summed E-state index contributed by atoms with van der Waals surface area (Å²) in [6.07, 6.45) is 1.70. The lowest BCUT2D eigenvalue weighted by Crippen LogP contribution is -2.22. The predicted octanol–water partition coefficient (Wildman–Crippen LogP) is 4.63. The number of carbonyl (C=O) groups is 1. The number of rotatable bonds is 4. The average molecular weight is 344 g/mol. The summed E-state index contributed by atoms with van der Waals surface area (Å²) < 4.78 is 26.1. The molecule has 0 bridgehead atoms. The lowest BCUT2D eigenvalue weighted by Gasteiger charge is -2.13. The number of pyridine rings is 1. The fraction of sp³-hybridized carbons (Fsp3) is 0.111. The van der Waals surface area contributed by atoms with Crippen molar-refractivity contribution >= 4 is 34.3 Å². The van der Waals surface area contributed by atoms with E-state index in [9.17, 15) is 13.6 Å². The molecule has 0 aliphatic rings. The Balaban J connectivity index is 1.75. The Kier molecular flexibility index (Phi) is 4.76. The van der Waals surface area contributed by atoms with Gasteiger partial charge >= 0.3 is 0 Å². The number of carbonyl (C=O) groups excluding carboxylic acids is 1. The van der Waals surface area contributed by atoms with E-state index in [0.717, 1.165) is 27.9 Å². The van der Waals surface area contributed by atoms with Gasteiger partial charge in [-0.15, -0.1) is 11.8 Å². The maximum Gasteiger partial charge on any atom is 0.237 e. The zero-order valence-electron chi connectivity index (χ0n) is 12.8. The molecule has 122 valence electrons. The van der Waals surface area contributed by atoms with Crippen molar-refractivity contribution in [1.82, 2.24) is 4.98 Å². The number of aromatic nitrogens is 1. The molecule has 0 aliphatic carbocycles. The zero-order chi connectivity index (χ0) is 17.1. The predicted molar refractivity (Wildman–Crippen MR) is 92.0 cm³/mol. The van der Waals surface area contributed by atoms with E-state index in [1.54, 1.807) is 13.1 Å². The number of hydrogen-bond donors (Lipinski definition) is 1. The van der Waals surface area contributed by atoms with E-state index in [1.165, 1.54) is 17.8 Å². The van der Waals surface area contributed by atoms with Crippen LogP contribution in [-0.4, -0.2) is 16.1 Å². The Labute approximate surface area is 142 Å². The van der Waals surface area contributed by atoms with Gasteiger partial charge in [0.2, 0.25) is 5.91 Å². The van der Waals surface area contributed by atoms with E-state index in [1.807, 2.05) is 30.3 Å². The minimum atomic E-state index is -0.992. The normalized spacial score (nSPS) is 12.1. The number of benzene rings is 2. The molecule has 1 N–H and O–H groups in total. The second-order valence-electron chi connectivity index (χ2n) is 5.20. The van der Waals surface area contributed by atoms with Crippen LogP contribution in [0.3, 0.4) is 0 Å². The summed E-state index contributed by atoms with van der Waals surface area (Å²) in [4.78, 5) is 17.5. The number of fused-ring (bicyclic) bond motifs is 1. The van der Waals surface area contributed by atoms with E-state index < -0.39 is 16.9 Å². The molecule has 1 atom stereocenters. The highest BCUT2D eigenvalue weighted by Crippen LogP contribution is 2.30. The van der Waals surface area contributed by atoms with Gasteiger partial charge in [-0.2, -0.15) is 0 Å². The smallest absolute Gasteiger partial charge is 0.237 e. The Bertz CT molecular complexity index is 896. The number of hydrogen-bond acceptors (Lipinski definition) is 3. The second kappa shape index (κ2) is 6.97. The SMILES string of the molecule is CC(Sc1ccnc2ccccc12)C(=O)Nc1ccc(F)c(F)c1. The van der Waals surface area contributed by atoms with Gasteiger partial charge in [0.1, 0.15) is 0 Å². The first-order chi connectivity index (χ1) is 11.5. The molecule has 24 heavy (non-hydrogen) atoms. The van der Waals surface area contributed by atoms with Gasteiger partial charge in [-0.25, -0.2) is 8.78 Å². The third-order valence-corrected chi connectivity index (χ3v) is 4.65. The van der Waals surface area contributed by atoms with Crippen LogP contribution in [0.1, 0.15) is 6.92 Å². The van der Waals surface area contributed by atoms with Gasteiger partial charge in [0.05, 0.1) is 10.8 Å². The van der Waals surface area contributed by atoms with E-state index in [4.69, 9.17) is 0 Å². The molecule has 1 heterocycles. The molecular formula is C18H14F2N2OS. The highest BCUT2D eigenvalue weighted by molar-refractivity contribution is 8.00. The van der Waals surface area contributed by atoms with Crippen LogP contribution < -0.4 is 5.32 Å². The standard InChI is InChI=1S/C18H14F2N2OS/c1-11(18(23)22-12-6-7-14(19)15(20)10-12)24-17-8-9-21-16-5-3-2-4-13(16)17/h2-11H,1H3,(H,22,23). The molecular weight excluding hydrogens is 330 g/mol. The van der Waals surface area contributed by atoms with Crippen molar-refractivity contribution < 1.29 is 13.6 Å². The molecule has 1 aromatic heterocycles. The molecule has 0 radical (unpaired) electrons. The van der Waals surface area contributed by atoms with E-state index in [2.05, 4.69) is 10.3 Å². The van der Waals surface area contributed by atoms with Crippen LogP contribution >= 0.6 is 11.8 Å². The highest BCUT2D eigenvalue weighted by atomic mass is 32.2. The molecule has 1 unspecified atom stereocenters. The maximum atomic E-state index is 13.2. The van der Waals surface area contributed by atoms with Crippen molar-refractivity contribution in [2.75, 3.05) is 5.32 Å². The van der Waals surface area contributed by atoms with Gasteiger partial charge in [-0.05, 0) is 31.2 Å². The first kappa shape index (κ1) is 16.4. The maximum absolute atomic E-state index is 13.2. The number of halogens is 2. The molecule has 3 aromatic rings. The number of amides is 1. The van der Waals surface area contributed by atoms with Crippen molar-refractivity contribution in [1.29, 1.82) is 0 Å². The van der Waals surface area contributed by atoms with Gasteiger partial charge in [0.15, 0.2) is 11.6 Å². The molecule has 0 saturated heterocycles. The van der Waals surface area contributed by atoms with Crippen molar-refractivity contribution in [3.63, 3.8) is 0 Å². The monoisotopic (exact) mass is 344 g/mol. The summed E-state index contributed by atoms with van der Waals surface area (Å²) in [5.41, 5.74) is 1.08. The van der Waals surface area contributed by atoms with Crippen molar-refractivity contribution in [2.24, 2.45) is 0 Å². The van der Waals surface area contributed by atoms with Crippen molar-refractivity contribution in [2.45, 2.75) is 17.1 Å². The van der Waals surface area contributed by atoms with Gasteiger partial charge < -0.3 is 5.32 Å². The first-order valence-electron chi connectivity index (χ1n) is 7.31. The van der Waals surface area contributed by atoms with E-state index in [0.29, 0.717) is 0 Å². The molecule has 2 aromatic carbocycles. The molecule has 0 aliphatic heterocycles. The molecule has 6 heteroatoms. The van der Waals surface area contributed by atoms with Crippen LogP contribution in [0.2, 0.25) is 0 Å². The number of nitrogens with zero attached hydrogens (tertiary/aromatic N) is 1. The van der Waals surface area contributed by atoms with Crippen LogP contribution in [0.25, 0.3) is 10.9 Å². The molecule has 0 fully saturated rings. The summed E-state index contributed by atoms with van der Waals surface area (Å²) in [5, 5.41) is 3.15. The van der Waals surface area contributed by atoms with Crippen LogP contribution in [0.4, 0.5) is 14.5 Å². The lowest BCUT2D eigenvalue weighted by molar-refractivity contribution is -0.115. The summed E-state index contributed by atoms with van der Waals surface area (Å²) in [5.74, 6) is -2.22. The molecule has 3 rings (SSSR count). The third-order valence-electron chi connectivity index (χ3n) is 3.47. The Morgan fingerprint density at radius 3 is 2.71 bits per heavy atom. The molecule has 1 amide bonds. The van der Waals surface area contributed by atoms with Crippen LogP contribution in [0.15, 0.2) is 59.6 Å². The quantitative estimate of drug-likeness (QED) is 0.702. The van der Waals surface area contributed by atoms with Gasteiger partial charge in [0, 0.05) is 28.2 Å². The lowest BCUT2D eigenvalue weighted by atomic mass is 10.2. The summed E-state index contributed by atoms with van der Waals surface area (Å²) in [7, 11) is 0. The van der Waals surface area contributed by atoms with E-state index >= 15 is 0 Å². The Hall–Kier alpha value is -2.47. The number of anilines is 1. The fourth-order valence-corrected chi connectivity index (χ4v) is 3.22. The van der Waals surface area contributed by atoms with Gasteiger partial charge in [0.25, 0.3) is 0 Å². The summed E-state index contributed by atoms with van der Waals surface area (Å²) in [6.45, 7) is 1.76. The molecule has 0 saturated carbocycles. The Morgan fingerprint density at radius 2 is 1.92 bits per heavy atom. The van der Waals surface area contributed by atoms with Crippen molar-refractivity contribution in [3.05, 3.63) is 66.4 Å². The average Bonchev–Trinajstić information content (AvgIpc) is 2.58. The number of para-hydroxylation sites is 1. The largest absolute Gasteiger partial charge is 0.325 e. The van der Waals surface area contributed by atoms with Crippen LogP contribution in [0, 0.1) is 11.6 Å². The number of nitrogens with one attached hydrogen (secondary N) is 1. The van der Waals surface area contributed by atoms with Crippen molar-refractivity contribution in [3.8, 4) is 0 Å². The third kappa shape index (κ3) is 3.54. The molecule has 0 spiro atoms. The van der Waals surface area contributed by atoms with E-state index in [-0.39, 0.29) is 11.6 Å². The van der Waals surface area contributed by atoms with Gasteiger partial charge in [-0.3, -0.25) is 9.78 Å². The Morgan fingerprint density at radius 1 is 1.12 bits per heavy atom. The molecule has 3 nitrogen and oxygen atoms in total. The minimum absolute atomic E-state index is 0.228. The topological polar surface area (TPSA) is 42.0 Å². The summed E-state index contributed by atoms with van der Waals surface area (Å²) in [6, 6.07) is 12.8.